The summed E-state index contributed by atoms with van der Waals surface area (Å²) in [6.07, 6.45) is 5.03. The van der Waals surface area contributed by atoms with Gasteiger partial charge >= 0.3 is 6.09 Å². The van der Waals surface area contributed by atoms with Crippen molar-refractivity contribution in [1.29, 1.82) is 0 Å². The van der Waals surface area contributed by atoms with Crippen molar-refractivity contribution in [2.24, 2.45) is 0 Å². The fourth-order valence-electron chi connectivity index (χ4n) is 3.09. The number of carbonyl (C=O) groups is 1. The lowest BCUT2D eigenvalue weighted by molar-refractivity contribution is -0.151. The number of benzene rings is 2. The van der Waals surface area contributed by atoms with Gasteiger partial charge in [-0.1, -0.05) is 72.8 Å². The Labute approximate surface area is 161 Å². The molecule has 0 spiro atoms. The maximum Gasteiger partial charge on any atom is 0.434 e. The van der Waals surface area contributed by atoms with Crippen molar-refractivity contribution >= 4 is 12.2 Å². The molecule has 27 heavy (non-hydrogen) atoms. The van der Waals surface area contributed by atoms with Gasteiger partial charge in [-0.05, 0) is 38.3 Å². The molecule has 2 aromatic carbocycles. The molecule has 4 heteroatoms. The van der Waals surface area contributed by atoms with Crippen LogP contribution in [-0.2, 0) is 9.57 Å². The normalized spacial score (nSPS) is 20.2. The Morgan fingerprint density at radius 3 is 2.37 bits per heavy atom. The molecule has 1 aliphatic rings. The zero-order chi connectivity index (χ0) is 19.3. The summed E-state index contributed by atoms with van der Waals surface area (Å²) < 4.78 is 5.54. The summed E-state index contributed by atoms with van der Waals surface area (Å²) in [4.78, 5) is 18.6. The summed E-state index contributed by atoms with van der Waals surface area (Å²) in [5, 5.41) is 1.41. The van der Waals surface area contributed by atoms with E-state index < -0.39 is 11.7 Å². The molecular weight excluding hydrogens is 338 g/mol. The summed E-state index contributed by atoms with van der Waals surface area (Å²) in [6, 6.07) is 20.1. The fraction of sp³-hybridized carbons (Fsp3) is 0.348. The van der Waals surface area contributed by atoms with E-state index in [0.29, 0.717) is 6.42 Å². The van der Waals surface area contributed by atoms with Crippen molar-refractivity contribution in [3.8, 4) is 0 Å². The van der Waals surface area contributed by atoms with Crippen LogP contribution < -0.4 is 0 Å². The van der Waals surface area contributed by atoms with E-state index in [2.05, 4.69) is 24.3 Å². The molecule has 0 unspecified atom stereocenters. The van der Waals surface area contributed by atoms with E-state index >= 15 is 0 Å². The van der Waals surface area contributed by atoms with Crippen LogP contribution >= 0.6 is 0 Å². The lowest BCUT2D eigenvalue weighted by atomic mass is 10.0. The molecule has 3 rings (SSSR count). The van der Waals surface area contributed by atoms with E-state index in [9.17, 15) is 4.79 Å². The van der Waals surface area contributed by atoms with Crippen LogP contribution in [0.25, 0.3) is 6.08 Å². The summed E-state index contributed by atoms with van der Waals surface area (Å²) in [7, 11) is 0. The monoisotopic (exact) mass is 365 g/mol. The van der Waals surface area contributed by atoms with Gasteiger partial charge in [-0.2, -0.15) is 5.06 Å². The van der Waals surface area contributed by atoms with Crippen LogP contribution in [0.3, 0.4) is 0 Å². The molecule has 0 radical (unpaired) electrons. The number of hydrogen-bond donors (Lipinski definition) is 0. The first-order valence-corrected chi connectivity index (χ1v) is 9.38. The van der Waals surface area contributed by atoms with Gasteiger partial charge in [-0.3, -0.25) is 4.84 Å². The zero-order valence-corrected chi connectivity index (χ0v) is 16.2. The minimum Gasteiger partial charge on any atom is -0.442 e. The van der Waals surface area contributed by atoms with Crippen molar-refractivity contribution in [3.05, 3.63) is 77.9 Å². The molecule has 1 saturated heterocycles. The lowest BCUT2D eigenvalue weighted by Crippen LogP contribution is -2.38. The summed E-state index contributed by atoms with van der Waals surface area (Å²) in [6.45, 7) is 5.58. The minimum absolute atomic E-state index is 0.0648. The molecule has 0 saturated carbocycles. The van der Waals surface area contributed by atoms with Crippen LogP contribution in [0, 0.1) is 0 Å². The number of rotatable bonds is 4. The molecule has 2 atom stereocenters. The molecule has 2 aromatic rings. The zero-order valence-electron chi connectivity index (χ0n) is 16.2. The van der Waals surface area contributed by atoms with E-state index in [4.69, 9.17) is 9.57 Å². The van der Waals surface area contributed by atoms with Crippen molar-refractivity contribution in [2.75, 3.05) is 0 Å². The molecule has 1 heterocycles. The topological polar surface area (TPSA) is 38.8 Å². The van der Waals surface area contributed by atoms with Gasteiger partial charge in [-0.15, -0.1) is 0 Å². The van der Waals surface area contributed by atoms with E-state index in [1.165, 1.54) is 5.06 Å². The Morgan fingerprint density at radius 2 is 1.74 bits per heavy atom. The largest absolute Gasteiger partial charge is 0.442 e. The Bertz CT molecular complexity index is 765. The third-order valence-corrected chi connectivity index (χ3v) is 4.32. The number of carbonyl (C=O) groups excluding carboxylic acids is 1. The van der Waals surface area contributed by atoms with Gasteiger partial charge in [-0.25, -0.2) is 4.79 Å². The average Bonchev–Trinajstić information content (AvgIpc) is 3.06. The molecule has 1 aliphatic heterocycles. The Morgan fingerprint density at radius 1 is 1.11 bits per heavy atom. The second-order valence-corrected chi connectivity index (χ2v) is 7.75. The lowest BCUT2D eigenvalue weighted by Gasteiger charge is -2.26. The predicted molar refractivity (Wildman–Crippen MR) is 107 cm³/mol. The van der Waals surface area contributed by atoms with E-state index in [1.807, 2.05) is 69.3 Å². The quantitative estimate of drug-likeness (QED) is 0.690. The maximum atomic E-state index is 12.6. The smallest absolute Gasteiger partial charge is 0.434 e. The number of hydroxylamine groups is 2. The fourth-order valence-corrected chi connectivity index (χ4v) is 3.09. The van der Waals surface area contributed by atoms with Crippen LogP contribution in [0.1, 0.15) is 50.8 Å². The van der Waals surface area contributed by atoms with E-state index in [-0.39, 0.29) is 12.1 Å². The highest BCUT2D eigenvalue weighted by Crippen LogP contribution is 2.35. The first-order valence-electron chi connectivity index (χ1n) is 9.38. The first kappa shape index (κ1) is 19.2. The van der Waals surface area contributed by atoms with Crippen LogP contribution in [0.5, 0.6) is 0 Å². The molecule has 0 aromatic heterocycles. The van der Waals surface area contributed by atoms with Crippen LogP contribution in [0.2, 0.25) is 0 Å². The predicted octanol–water partition coefficient (Wildman–Crippen LogP) is 5.77. The van der Waals surface area contributed by atoms with Gasteiger partial charge in [0.15, 0.2) is 0 Å². The average molecular weight is 365 g/mol. The van der Waals surface area contributed by atoms with Gasteiger partial charge in [0, 0.05) is 6.42 Å². The van der Waals surface area contributed by atoms with E-state index in [0.717, 1.165) is 17.5 Å². The van der Waals surface area contributed by atoms with Crippen LogP contribution in [-0.4, -0.2) is 22.8 Å². The number of nitrogens with zero attached hydrogens (tertiary/aromatic N) is 1. The Balaban J connectivity index is 1.73. The molecular formula is C23H27NO3. The van der Waals surface area contributed by atoms with Crippen molar-refractivity contribution < 1.29 is 14.4 Å². The van der Waals surface area contributed by atoms with Crippen LogP contribution in [0.4, 0.5) is 4.79 Å². The number of ether oxygens (including phenoxy) is 1. The summed E-state index contributed by atoms with van der Waals surface area (Å²) in [5.41, 5.74) is 1.65. The Hall–Kier alpha value is -2.59. The third kappa shape index (κ3) is 5.44. The maximum absolute atomic E-state index is 12.6. The molecule has 1 fully saturated rings. The highest BCUT2D eigenvalue weighted by Gasteiger charge is 2.39. The van der Waals surface area contributed by atoms with Crippen molar-refractivity contribution in [2.45, 2.75) is 51.4 Å². The molecule has 0 N–H and O–H groups in total. The SMILES string of the molecule is CC(C)(C)OC(=O)N1O[C@H](c2ccccc2)C[C@@H]1C/C=C/c1ccccc1. The van der Waals surface area contributed by atoms with Gasteiger partial charge in [0.2, 0.25) is 0 Å². The molecule has 1 amide bonds. The molecule has 4 nitrogen and oxygen atoms in total. The third-order valence-electron chi connectivity index (χ3n) is 4.32. The first-order chi connectivity index (χ1) is 12.9. The van der Waals surface area contributed by atoms with Crippen LogP contribution in [0.15, 0.2) is 66.7 Å². The van der Waals surface area contributed by atoms with Gasteiger partial charge in [0.05, 0.1) is 6.04 Å². The van der Waals surface area contributed by atoms with Gasteiger partial charge < -0.3 is 4.74 Å². The summed E-state index contributed by atoms with van der Waals surface area (Å²) >= 11 is 0. The van der Waals surface area contributed by atoms with Gasteiger partial charge in [0.1, 0.15) is 11.7 Å². The molecule has 0 aliphatic carbocycles. The van der Waals surface area contributed by atoms with Crippen molar-refractivity contribution in [3.63, 3.8) is 0 Å². The second kappa shape index (κ2) is 8.40. The highest BCUT2D eigenvalue weighted by atomic mass is 16.7. The second-order valence-electron chi connectivity index (χ2n) is 7.75. The van der Waals surface area contributed by atoms with Gasteiger partial charge in [0.25, 0.3) is 0 Å². The summed E-state index contributed by atoms with van der Waals surface area (Å²) in [5.74, 6) is 0. The minimum atomic E-state index is -0.560. The Kier molecular flexibility index (Phi) is 5.97. The highest BCUT2D eigenvalue weighted by molar-refractivity contribution is 5.67. The standard InChI is InChI=1S/C23H27NO3/c1-23(2,3)26-22(25)24-20(16-10-13-18-11-6-4-7-12-18)17-21(27-24)19-14-8-5-9-15-19/h4-15,20-21H,16-17H2,1-3H3/b13-10+/t20-,21-/m0/s1. The number of hydrogen-bond acceptors (Lipinski definition) is 3. The van der Waals surface area contributed by atoms with E-state index in [1.54, 1.807) is 0 Å². The van der Waals surface area contributed by atoms with Crippen molar-refractivity contribution in [1.82, 2.24) is 5.06 Å². The molecule has 142 valence electrons. The molecule has 0 bridgehead atoms. The number of amides is 1.